The minimum absolute atomic E-state index is 0.0567. The third-order valence-corrected chi connectivity index (χ3v) is 2.66. The van der Waals surface area contributed by atoms with Crippen LogP contribution < -0.4 is 15.8 Å². The van der Waals surface area contributed by atoms with Crippen molar-refractivity contribution >= 4 is 5.69 Å². The standard InChI is InChI=1S/C11H14F2N2O/c12-10-8(14)1-2-9(11(10)13)16-7-3-5-15-6-4-7/h1-2,7,15H,3-6,14H2. The van der Waals surface area contributed by atoms with E-state index in [0.29, 0.717) is 0 Å². The van der Waals surface area contributed by atoms with Crippen molar-refractivity contribution in [3.8, 4) is 5.75 Å². The molecular formula is C11H14F2N2O. The van der Waals surface area contributed by atoms with E-state index >= 15 is 0 Å². The van der Waals surface area contributed by atoms with Crippen molar-refractivity contribution in [2.75, 3.05) is 18.8 Å². The number of nitrogens with one attached hydrogen (secondary N) is 1. The first kappa shape index (κ1) is 11.1. The second kappa shape index (κ2) is 4.65. The third kappa shape index (κ3) is 2.24. The van der Waals surface area contributed by atoms with Crippen LogP contribution in [0.25, 0.3) is 0 Å². The second-order valence-corrected chi connectivity index (χ2v) is 3.85. The molecule has 0 bridgehead atoms. The van der Waals surface area contributed by atoms with Crippen molar-refractivity contribution < 1.29 is 13.5 Å². The van der Waals surface area contributed by atoms with E-state index in [0.717, 1.165) is 25.9 Å². The summed E-state index contributed by atoms with van der Waals surface area (Å²) in [5.41, 5.74) is 5.04. The van der Waals surface area contributed by atoms with E-state index in [4.69, 9.17) is 10.5 Å². The number of anilines is 1. The van der Waals surface area contributed by atoms with Crippen LogP contribution in [-0.2, 0) is 0 Å². The summed E-state index contributed by atoms with van der Waals surface area (Å²) in [5, 5.41) is 3.17. The van der Waals surface area contributed by atoms with E-state index in [9.17, 15) is 8.78 Å². The van der Waals surface area contributed by atoms with Gasteiger partial charge in [-0.2, -0.15) is 4.39 Å². The smallest absolute Gasteiger partial charge is 0.202 e. The topological polar surface area (TPSA) is 47.3 Å². The summed E-state index contributed by atoms with van der Waals surface area (Å²) < 4.78 is 32.0. The van der Waals surface area contributed by atoms with Gasteiger partial charge in [0.15, 0.2) is 11.6 Å². The lowest BCUT2D eigenvalue weighted by Crippen LogP contribution is -2.34. The molecule has 2 rings (SSSR count). The number of nitrogen functional groups attached to an aromatic ring is 1. The Morgan fingerprint density at radius 2 is 1.88 bits per heavy atom. The van der Waals surface area contributed by atoms with Gasteiger partial charge in [0.1, 0.15) is 6.10 Å². The quantitative estimate of drug-likeness (QED) is 0.757. The van der Waals surface area contributed by atoms with Gasteiger partial charge < -0.3 is 15.8 Å². The molecule has 3 N–H and O–H groups in total. The van der Waals surface area contributed by atoms with E-state index in [1.807, 2.05) is 0 Å². The SMILES string of the molecule is Nc1ccc(OC2CCNCC2)c(F)c1F. The zero-order valence-electron chi connectivity index (χ0n) is 8.80. The van der Waals surface area contributed by atoms with E-state index in [1.165, 1.54) is 12.1 Å². The summed E-state index contributed by atoms with van der Waals surface area (Å²) in [6.45, 7) is 1.67. The van der Waals surface area contributed by atoms with E-state index in [-0.39, 0.29) is 17.5 Å². The zero-order chi connectivity index (χ0) is 11.5. The monoisotopic (exact) mass is 228 g/mol. The summed E-state index contributed by atoms with van der Waals surface area (Å²) in [4.78, 5) is 0. The predicted octanol–water partition coefficient (Wildman–Crippen LogP) is 1.68. The molecule has 1 aliphatic heterocycles. The first-order valence-electron chi connectivity index (χ1n) is 5.29. The molecule has 1 saturated heterocycles. The molecule has 1 fully saturated rings. The molecule has 1 aliphatic rings. The van der Waals surface area contributed by atoms with Crippen molar-refractivity contribution in [3.05, 3.63) is 23.8 Å². The van der Waals surface area contributed by atoms with Gasteiger partial charge in [0, 0.05) is 0 Å². The Balaban J connectivity index is 2.11. The third-order valence-electron chi connectivity index (χ3n) is 2.66. The van der Waals surface area contributed by atoms with Crippen LogP contribution in [0.4, 0.5) is 14.5 Å². The summed E-state index contributed by atoms with van der Waals surface area (Å²) in [5.74, 6) is -2.09. The molecule has 0 unspecified atom stereocenters. The van der Waals surface area contributed by atoms with Gasteiger partial charge in [0.05, 0.1) is 5.69 Å². The number of rotatable bonds is 2. The van der Waals surface area contributed by atoms with E-state index in [2.05, 4.69) is 5.32 Å². The highest BCUT2D eigenvalue weighted by Crippen LogP contribution is 2.26. The van der Waals surface area contributed by atoms with Gasteiger partial charge in [0.25, 0.3) is 0 Å². The molecule has 16 heavy (non-hydrogen) atoms. The van der Waals surface area contributed by atoms with Crippen molar-refractivity contribution in [2.45, 2.75) is 18.9 Å². The van der Waals surface area contributed by atoms with Crippen LogP contribution in [-0.4, -0.2) is 19.2 Å². The van der Waals surface area contributed by atoms with Gasteiger partial charge in [-0.3, -0.25) is 0 Å². The van der Waals surface area contributed by atoms with Crippen LogP contribution in [0.3, 0.4) is 0 Å². The van der Waals surface area contributed by atoms with Crippen molar-refractivity contribution in [3.63, 3.8) is 0 Å². The first-order valence-corrected chi connectivity index (χ1v) is 5.29. The highest BCUT2D eigenvalue weighted by molar-refractivity contribution is 5.44. The van der Waals surface area contributed by atoms with E-state index in [1.54, 1.807) is 0 Å². The minimum Gasteiger partial charge on any atom is -0.487 e. The molecule has 3 nitrogen and oxygen atoms in total. The molecule has 0 aliphatic carbocycles. The summed E-state index contributed by atoms with van der Waals surface area (Å²) in [6, 6.07) is 2.69. The Bertz CT molecular complexity index is 378. The van der Waals surface area contributed by atoms with Crippen LogP contribution >= 0.6 is 0 Å². The average molecular weight is 228 g/mol. The lowest BCUT2D eigenvalue weighted by molar-refractivity contribution is 0.154. The zero-order valence-corrected chi connectivity index (χ0v) is 8.80. The normalized spacial score (nSPS) is 17.4. The number of halogens is 2. The molecule has 0 radical (unpaired) electrons. The maximum Gasteiger partial charge on any atom is 0.202 e. The Morgan fingerprint density at radius 3 is 2.56 bits per heavy atom. The molecule has 0 saturated carbocycles. The van der Waals surface area contributed by atoms with Gasteiger partial charge in [-0.05, 0) is 38.1 Å². The molecule has 0 atom stereocenters. The Morgan fingerprint density at radius 1 is 1.19 bits per heavy atom. The van der Waals surface area contributed by atoms with Crippen LogP contribution in [0.2, 0.25) is 0 Å². The molecule has 0 aromatic heterocycles. The fourth-order valence-electron chi connectivity index (χ4n) is 1.73. The van der Waals surface area contributed by atoms with Gasteiger partial charge in [-0.1, -0.05) is 0 Å². The molecule has 1 aromatic rings. The van der Waals surface area contributed by atoms with E-state index < -0.39 is 11.6 Å². The Hall–Kier alpha value is -1.36. The molecule has 0 amide bonds. The minimum atomic E-state index is -1.04. The van der Waals surface area contributed by atoms with Crippen LogP contribution in [0.1, 0.15) is 12.8 Å². The maximum absolute atomic E-state index is 13.4. The lowest BCUT2D eigenvalue weighted by Gasteiger charge is -2.24. The molecule has 88 valence electrons. The fraction of sp³-hybridized carbons (Fsp3) is 0.455. The lowest BCUT2D eigenvalue weighted by atomic mass is 10.1. The number of hydrogen-bond donors (Lipinski definition) is 2. The molecule has 0 spiro atoms. The first-order chi connectivity index (χ1) is 7.68. The number of hydrogen-bond acceptors (Lipinski definition) is 3. The summed E-state index contributed by atoms with van der Waals surface area (Å²) in [6.07, 6.45) is 1.54. The number of benzene rings is 1. The largest absolute Gasteiger partial charge is 0.487 e. The van der Waals surface area contributed by atoms with Gasteiger partial charge in [-0.25, -0.2) is 4.39 Å². The highest BCUT2D eigenvalue weighted by Gasteiger charge is 2.18. The van der Waals surface area contributed by atoms with Gasteiger partial charge in [0.2, 0.25) is 5.82 Å². The van der Waals surface area contributed by atoms with Crippen LogP contribution in [0, 0.1) is 11.6 Å². The molecule has 5 heteroatoms. The Labute approximate surface area is 92.6 Å². The second-order valence-electron chi connectivity index (χ2n) is 3.85. The predicted molar refractivity (Wildman–Crippen MR) is 57.3 cm³/mol. The Kier molecular flexibility index (Phi) is 3.24. The van der Waals surface area contributed by atoms with Crippen molar-refractivity contribution in [1.82, 2.24) is 5.32 Å². The van der Waals surface area contributed by atoms with Crippen molar-refractivity contribution in [1.29, 1.82) is 0 Å². The highest BCUT2D eigenvalue weighted by atomic mass is 19.2. The van der Waals surface area contributed by atoms with Gasteiger partial charge in [-0.15, -0.1) is 0 Å². The molecule has 1 heterocycles. The summed E-state index contributed by atoms with van der Waals surface area (Å²) >= 11 is 0. The fourth-order valence-corrected chi connectivity index (χ4v) is 1.73. The number of nitrogens with two attached hydrogens (primary N) is 1. The average Bonchev–Trinajstić information content (AvgIpc) is 2.31. The van der Waals surface area contributed by atoms with Crippen molar-refractivity contribution in [2.24, 2.45) is 0 Å². The number of piperidine rings is 1. The van der Waals surface area contributed by atoms with Crippen LogP contribution in [0.15, 0.2) is 12.1 Å². The number of ether oxygens (including phenoxy) is 1. The summed E-state index contributed by atoms with van der Waals surface area (Å²) in [7, 11) is 0. The molecular weight excluding hydrogens is 214 g/mol. The van der Waals surface area contributed by atoms with Gasteiger partial charge >= 0.3 is 0 Å². The maximum atomic E-state index is 13.4. The molecule has 1 aromatic carbocycles. The van der Waals surface area contributed by atoms with Crippen LogP contribution in [0.5, 0.6) is 5.75 Å².